The minimum atomic E-state index is 0.0437. The van der Waals surface area contributed by atoms with Crippen molar-refractivity contribution in [3.8, 4) is 5.69 Å². The van der Waals surface area contributed by atoms with Crippen molar-refractivity contribution in [1.29, 1.82) is 0 Å². The van der Waals surface area contributed by atoms with E-state index in [0.717, 1.165) is 24.3 Å². The molecule has 2 aromatic heterocycles. The monoisotopic (exact) mass is 647 g/mol. The van der Waals surface area contributed by atoms with Gasteiger partial charge < -0.3 is 0 Å². The topological polar surface area (TPSA) is 34.0 Å². The van der Waals surface area contributed by atoms with Crippen LogP contribution in [0, 0.1) is 0 Å². The molecule has 5 nitrogen and oxygen atoms in total. The summed E-state index contributed by atoms with van der Waals surface area (Å²) in [5.74, 6) is 0. The van der Waals surface area contributed by atoms with E-state index in [0.29, 0.717) is 11.9 Å². The SMILES string of the molecule is CCN1/C(=C/C=c2\c(=O)n(CC)/c(=C\c3[se]c4ccccc4[n+]3CC)n2-c2ccccc2)[Se]c2ccccc21. The standard InChI is InChI=1S/C32H31N4OSe2/c1-4-33-24-16-10-12-18-27(24)38-30(33)21-20-26-32(37)35(6-3)29(36(26)23-14-8-7-9-15-23)22-31-34(5-2)25-17-11-13-19-28(25)39-31/h7-22H,4-6H2,1-3H3/q+1/b26-20+,30-21-. The number of rotatable bonds is 6. The summed E-state index contributed by atoms with van der Waals surface area (Å²) < 4.78 is 11.8. The Morgan fingerprint density at radius 3 is 2.36 bits per heavy atom. The maximum atomic E-state index is 14.0. The Hall–Kier alpha value is -3.34. The first kappa shape index (κ1) is 25.9. The van der Waals surface area contributed by atoms with E-state index in [2.05, 4.69) is 108 Å². The zero-order chi connectivity index (χ0) is 26.9. The molecule has 0 saturated carbocycles. The van der Waals surface area contributed by atoms with Crippen LogP contribution in [0.3, 0.4) is 0 Å². The quantitative estimate of drug-likeness (QED) is 0.210. The molecule has 0 amide bonds. The molecule has 0 unspecified atom stereocenters. The van der Waals surface area contributed by atoms with Crippen molar-refractivity contribution in [2.75, 3.05) is 11.4 Å². The van der Waals surface area contributed by atoms with Crippen LogP contribution in [-0.2, 0) is 13.1 Å². The van der Waals surface area contributed by atoms with Crippen LogP contribution in [0.5, 0.6) is 0 Å². The van der Waals surface area contributed by atoms with Crippen LogP contribution in [0.1, 0.15) is 25.3 Å². The number of imidazole rings is 1. The Bertz CT molecular complexity index is 1880. The number of aromatic nitrogens is 3. The number of hydrogen-bond donors (Lipinski definition) is 0. The van der Waals surface area contributed by atoms with E-state index in [1.165, 1.54) is 29.1 Å². The van der Waals surface area contributed by atoms with Gasteiger partial charge in [-0.15, -0.1) is 0 Å². The number of hydrogen-bond acceptors (Lipinski definition) is 2. The summed E-state index contributed by atoms with van der Waals surface area (Å²) in [6.45, 7) is 8.85. The van der Waals surface area contributed by atoms with Crippen LogP contribution in [0.4, 0.5) is 5.69 Å². The number of aryl methyl sites for hydroxylation is 1. The summed E-state index contributed by atoms with van der Waals surface area (Å²) >= 11 is 0.389. The van der Waals surface area contributed by atoms with Crippen molar-refractivity contribution in [3.05, 3.63) is 115 Å². The minimum absolute atomic E-state index is 0.0437. The van der Waals surface area contributed by atoms with E-state index < -0.39 is 0 Å². The molecule has 6 rings (SSSR count). The second-order valence-electron chi connectivity index (χ2n) is 9.25. The number of para-hydroxylation sites is 3. The van der Waals surface area contributed by atoms with Gasteiger partial charge in [0.25, 0.3) is 0 Å². The predicted octanol–water partition coefficient (Wildman–Crippen LogP) is 2.50. The third kappa shape index (κ3) is 4.60. The molecule has 196 valence electrons. The number of nitrogens with zero attached hydrogens (tertiary/aromatic N) is 4. The van der Waals surface area contributed by atoms with Crippen LogP contribution in [0.15, 0.2) is 94.3 Å². The maximum absolute atomic E-state index is 14.0. The van der Waals surface area contributed by atoms with Crippen molar-refractivity contribution in [1.82, 2.24) is 9.13 Å². The summed E-state index contributed by atoms with van der Waals surface area (Å²) in [5, 5.41) is 0.691. The summed E-state index contributed by atoms with van der Waals surface area (Å²) in [7, 11) is 0. The van der Waals surface area contributed by atoms with Crippen molar-refractivity contribution < 1.29 is 4.57 Å². The van der Waals surface area contributed by atoms with Crippen molar-refractivity contribution >= 4 is 61.5 Å². The molecule has 5 aromatic rings. The summed E-state index contributed by atoms with van der Waals surface area (Å²) in [6.07, 6.45) is 6.46. The second-order valence-corrected chi connectivity index (χ2v) is 13.7. The molecular weight excluding hydrogens is 614 g/mol. The molecule has 0 saturated heterocycles. The van der Waals surface area contributed by atoms with Gasteiger partial charge in [-0.3, -0.25) is 0 Å². The van der Waals surface area contributed by atoms with Crippen molar-refractivity contribution in [2.24, 2.45) is 0 Å². The molecule has 0 N–H and O–H groups in total. The van der Waals surface area contributed by atoms with Gasteiger partial charge in [-0.1, -0.05) is 0 Å². The predicted molar refractivity (Wildman–Crippen MR) is 163 cm³/mol. The molecule has 7 heteroatoms. The number of fused-ring (bicyclic) bond motifs is 2. The average Bonchev–Trinajstić information content (AvgIpc) is 3.60. The fourth-order valence-electron chi connectivity index (χ4n) is 5.27. The van der Waals surface area contributed by atoms with Crippen LogP contribution >= 0.6 is 0 Å². The van der Waals surface area contributed by atoms with Crippen LogP contribution in [0.2, 0.25) is 0 Å². The molecular formula is C32H31N4OSe2+. The van der Waals surface area contributed by atoms with Gasteiger partial charge in [0, 0.05) is 0 Å². The molecule has 0 radical (unpaired) electrons. The van der Waals surface area contributed by atoms with Gasteiger partial charge >= 0.3 is 242 Å². The van der Waals surface area contributed by atoms with Crippen LogP contribution < -0.4 is 30.3 Å². The van der Waals surface area contributed by atoms with Crippen molar-refractivity contribution in [2.45, 2.75) is 33.9 Å². The Labute approximate surface area is 240 Å². The van der Waals surface area contributed by atoms with Gasteiger partial charge in [0.1, 0.15) is 0 Å². The van der Waals surface area contributed by atoms with Gasteiger partial charge in [-0.05, 0) is 0 Å². The third-order valence-electron chi connectivity index (χ3n) is 7.08. The number of benzene rings is 3. The summed E-state index contributed by atoms with van der Waals surface area (Å²) in [5.41, 5.74) is 4.54. The number of allylic oxidation sites excluding steroid dienone is 1. The third-order valence-corrected chi connectivity index (χ3v) is 11.8. The summed E-state index contributed by atoms with van der Waals surface area (Å²) in [6, 6.07) is 27.6. The molecule has 1 aliphatic heterocycles. The van der Waals surface area contributed by atoms with Gasteiger partial charge in [-0.2, -0.15) is 0 Å². The van der Waals surface area contributed by atoms with E-state index in [4.69, 9.17) is 0 Å². The van der Waals surface area contributed by atoms with E-state index in [1.807, 2.05) is 28.8 Å². The van der Waals surface area contributed by atoms with Gasteiger partial charge in [0.15, 0.2) is 0 Å². The molecule has 0 spiro atoms. The first-order valence-corrected chi connectivity index (χ1v) is 16.8. The molecule has 39 heavy (non-hydrogen) atoms. The molecule has 3 heterocycles. The normalized spacial score (nSPS) is 15.2. The Morgan fingerprint density at radius 2 is 1.59 bits per heavy atom. The molecule has 0 atom stereocenters. The van der Waals surface area contributed by atoms with E-state index >= 15 is 0 Å². The van der Waals surface area contributed by atoms with E-state index in [-0.39, 0.29) is 35.0 Å². The van der Waals surface area contributed by atoms with Gasteiger partial charge in [0.05, 0.1) is 0 Å². The fraction of sp³-hybridized carbons (Fsp3) is 0.188. The first-order chi connectivity index (χ1) is 19.1. The Morgan fingerprint density at radius 1 is 0.846 bits per heavy atom. The Kier molecular flexibility index (Phi) is 7.33. The molecule has 1 aliphatic rings. The second kappa shape index (κ2) is 11.0. The zero-order valence-corrected chi connectivity index (χ0v) is 25.8. The average molecular weight is 646 g/mol. The zero-order valence-electron chi connectivity index (χ0n) is 22.4. The van der Waals surface area contributed by atoms with E-state index in [1.54, 1.807) is 0 Å². The Balaban J connectivity index is 1.62. The molecule has 0 bridgehead atoms. The molecule has 0 fully saturated rings. The summed E-state index contributed by atoms with van der Waals surface area (Å²) in [4.78, 5) is 16.3. The fourth-order valence-corrected chi connectivity index (χ4v) is 10.1. The van der Waals surface area contributed by atoms with Gasteiger partial charge in [-0.25, -0.2) is 0 Å². The van der Waals surface area contributed by atoms with E-state index in [9.17, 15) is 4.79 Å². The van der Waals surface area contributed by atoms with Crippen LogP contribution in [-0.4, -0.2) is 45.1 Å². The first-order valence-electron chi connectivity index (χ1n) is 13.4. The van der Waals surface area contributed by atoms with Gasteiger partial charge in [0.2, 0.25) is 0 Å². The van der Waals surface area contributed by atoms with Crippen LogP contribution in [0.25, 0.3) is 27.6 Å². The van der Waals surface area contributed by atoms with Crippen molar-refractivity contribution in [3.63, 3.8) is 0 Å². The number of anilines is 1. The molecule has 0 aliphatic carbocycles. The molecule has 3 aromatic carbocycles.